The van der Waals surface area contributed by atoms with Crippen LogP contribution in [0.3, 0.4) is 0 Å². The zero-order valence-electron chi connectivity index (χ0n) is 11.7. The standard InChI is InChI=1S/C17H13N5/c18-16-20-15(11-10-12-6-2-1-3-7-12)22-14-9-5-4-8-13(14)19-17(22)21-16/h1-9,15H,(H3,18,19,20,21)/t15-/m0/s1. The van der Waals surface area contributed by atoms with E-state index in [1.165, 1.54) is 0 Å². The molecule has 0 unspecified atom stereocenters. The summed E-state index contributed by atoms with van der Waals surface area (Å²) >= 11 is 0. The van der Waals surface area contributed by atoms with Crippen LogP contribution in [0.1, 0.15) is 11.7 Å². The summed E-state index contributed by atoms with van der Waals surface area (Å²) < 4.78 is 1.96. The monoisotopic (exact) mass is 287 g/mol. The van der Waals surface area contributed by atoms with Crippen LogP contribution in [-0.4, -0.2) is 15.5 Å². The number of hydrogen-bond acceptors (Lipinski definition) is 4. The first-order chi connectivity index (χ1) is 10.8. The van der Waals surface area contributed by atoms with Crippen LogP contribution < -0.4 is 11.1 Å². The van der Waals surface area contributed by atoms with Crippen molar-refractivity contribution in [2.45, 2.75) is 6.17 Å². The van der Waals surface area contributed by atoms with Gasteiger partial charge in [0.05, 0.1) is 11.0 Å². The fourth-order valence-electron chi connectivity index (χ4n) is 2.48. The number of rotatable bonds is 0. The van der Waals surface area contributed by atoms with Gasteiger partial charge < -0.3 is 5.73 Å². The molecule has 1 aliphatic heterocycles. The molecular formula is C17H13N5. The third kappa shape index (κ3) is 2.07. The highest BCUT2D eigenvalue weighted by atomic mass is 15.4. The minimum absolute atomic E-state index is 0.329. The Morgan fingerprint density at radius 1 is 1.05 bits per heavy atom. The highest BCUT2D eigenvalue weighted by Crippen LogP contribution is 2.27. The topological polar surface area (TPSA) is 68.2 Å². The molecule has 3 N–H and O–H groups in total. The van der Waals surface area contributed by atoms with Crippen molar-refractivity contribution in [3.63, 3.8) is 0 Å². The predicted octanol–water partition coefficient (Wildman–Crippen LogP) is 2.33. The van der Waals surface area contributed by atoms with E-state index >= 15 is 0 Å². The van der Waals surface area contributed by atoms with E-state index in [2.05, 4.69) is 27.1 Å². The molecule has 106 valence electrons. The summed E-state index contributed by atoms with van der Waals surface area (Å²) in [5.74, 6) is 7.31. The summed E-state index contributed by atoms with van der Waals surface area (Å²) in [5.41, 5.74) is 8.66. The fraction of sp³-hybridized carbons (Fsp3) is 0.0588. The summed E-state index contributed by atoms with van der Waals surface area (Å²) in [4.78, 5) is 8.93. The van der Waals surface area contributed by atoms with E-state index in [-0.39, 0.29) is 6.17 Å². The lowest BCUT2D eigenvalue weighted by atomic mass is 10.2. The van der Waals surface area contributed by atoms with E-state index in [1.54, 1.807) is 0 Å². The third-order valence-corrected chi connectivity index (χ3v) is 3.46. The van der Waals surface area contributed by atoms with Crippen LogP contribution >= 0.6 is 0 Å². The second kappa shape index (κ2) is 4.93. The van der Waals surface area contributed by atoms with Gasteiger partial charge in [0.25, 0.3) is 0 Å². The maximum absolute atomic E-state index is 5.85. The van der Waals surface area contributed by atoms with Crippen molar-refractivity contribution in [2.24, 2.45) is 10.7 Å². The van der Waals surface area contributed by atoms with Crippen molar-refractivity contribution in [3.8, 4) is 11.8 Å². The molecule has 22 heavy (non-hydrogen) atoms. The molecule has 4 rings (SSSR count). The molecule has 5 nitrogen and oxygen atoms in total. The molecule has 0 saturated carbocycles. The Kier molecular flexibility index (Phi) is 2.80. The van der Waals surface area contributed by atoms with Crippen molar-refractivity contribution >= 4 is 22.9 Å². The van der Waals surface area contributed by atoms with Crippen LogP contribution in [0.25, 0.3) is 11.0 Å². The van der Waals surface area contributed by atoms with Gasteiger partial charge in [0, 0.05) is 5.56 Å². The molecule has 3 aromatic rings. The molecular weight excluding hydrogens is 274 g/mol. The SMILES string of the molecule is NC1=N[C@H](C#Cc2ccccc2)n2c(nc3ccccc32)N1. The number of benzene rings is 2. The number of hydrogen-bond donors (Lipinski definition) is 2. The number of anilines is 1. The zero-order valence-corrected chi connectivity index (χ0v) is 11.7. The van der Waals surface area contributed by atoms with Crippen LogP contribution in [0.5, 0.6) is 0 Å². The molecule has 5 heteroatoms. The molecule has 0 fully saturated rings. The van der Waals surface area contributed by atoms with Crippen molar-refractivity contribution in [1.82, 2.24) is 9.55 Å². The number of nitrogens with one attached hydrogen (secondary N) is 1. The van der Waals surface area contributed by atoms with Crippen molar-refractivity contribution in [1.29, 1.82) is 0 Å². The summed E-state index contributed by atoms with van der Waals surface area (Å²) in [6, 6.07) is 17.7. The Labute approximate surface area is 127 Å². The highest BCUT2D eigenvalue weighted by Gasteiger charge is 2.21. The Bertz CT molecular complexity index is 928. The van der Waals surface area contributed by atoms with Gasteiger partial charge in [-0.05, 0) is 30.2 Å². The maximum Gasteiger partial charge on any atom is 0.213 e. The van der Waals surface area contributed by atoms with Crippen LogP contribution in [-0.2, 0) is 0 Å². The average Bonchev–Trinajstić information content (AvgIpc) is 2.91. The van der Waals surface area contributed by atoms with E-state index in [0.717, 1.165) is 16.6 Å². The van der Waals surface area contributed by atoms with Gasteiger partial charge in [-0.25, -0.2) is 9.98 Å². The van der Waals surface area contributed by atoms with Crippen LogP contribution in [0.15, 0.2) is 59.6 Å². The van der Waals surface area contributed by atoms with E-state index < -0.39 is 0 Å². The second-order valence-electron chi connectivity index (χ2n) is 4.94. The summed E-state index contributed by atoms with van der Waals surface area (Å²) in [5, 5.41) is 2.99. The van der Waals surface area contributed by atoms with Gasteiger partial charge in [-0.1, -0.05) is 36.3 Å². The third-order valence-electron chi connectivity index (χ3n) is 3.46. The largest absolute Gasteiger partial charge is 0.370 e. The lowest BCUT2D eigenvalue weighted by molar-refractivity contribution is 0.668. The Morgan fingerprint density at radius 2 is 1.82 bits per heavy atom. The number of aliphatic imine (C=N–C) groups is 1. The summed E-state index contributed by atoms with van der Waals surface area (Å²) in [6.07, 6.45) is -0.385. The molecule has 1 aromatic heterocycles. The smallest absolute Gasteiger partial charge is 0.213 e. The molecule has 1 aliphatic rings. The quantitative estimate of drug-likeness (QED) is 0.623. The lowest BCUT2D eigenvalue weighted by Crippen LogP contribution is -2.30. The normalized spacial score (nSPS) is 16.2. The minimum Gasteiger partial charge on any atom is -0.370 e. The summed E-state index contributed by atoms with van der Waals surface area (Å²) in [6.45, 7) is 0. The van der Waals surface area contributed by atoms with Gasteiger partial charge in [0.15, 0.2) is 12.1 Å². The molecule has 0 spiro atoms. The van der Waals surface area contributed by atoms with Crippen molar-refractivity contribution in [2.75, 3.05) is 5.32 Å². The number of para-hydroxylation sites is 2. The number of aromatic nitrogens is 2. The number of nitrogens with zero attached hydrogens (tertiary/aromatic N) is 3. The molecule has 0 aliphatic carbocycles. The van der Waals surface area contributed by atoms with Crippen LogP contribution in [0.4, 0.5) is 5.95 Å². The van der Waals surface area contributed by atoms with E-state index in [9.17, 15) is 0 Å². The van der Waals surface area contributed by atoms with Gasteiger partial charge >= 0.3 is 0 Å². The molecule has 0 amide bonds. The van der Waals surface area contributed by atoms with E-state index in [0.29, 0.717) is 11.9 Å². The molecule has 1 atom stereocenters. The van der Waals surface area contributed by atoms with Crippen molar-refractivity contribution < 1.29 is 0 Å². The second-order valence-corrected chi connectivity index (χ2v) is 4.94. The van der Waals surface area contributed by atoms with Crippen molar-refractivity contribution in [3.05, 3.63) is 60.2 Å². The Morgan fingerprint density at radius 3 is 2.68 bits per heavy atom. The molecule has 2 aromatic carbocycles. The number of nitrogens with two attached hydrogens (primary N) is 1. The molecule has 0 radical (unpaired) electrons. The first-order valence-electron chi connectivity index (χ1n) is 6.95. The maximum atomic E-state index is 5.85. The molecule has 2 heterocycles. The number of fused-ring (bicyclic) bond motifs is 3. The van der Waals surface area contributed by atoms with E-state index in [1.807, 2.05) is 59.2 Å². The first kappa shape index (κ1) is 12.5. The van der Waals surface area contributed by atoms with E-state index in [4.69, 9.17) is 5.73 Å². The predicted molar refractivity (Wildman–Crippen MR) is 87.3 cm³/mol. The average molecular weight is 287 g/mol. The van der Waals surface area contributed by atoms with Gasteiger partial charge in [-0.2, -0.15) is 0 Å². The molecule has 0 bridgehead atoms. The van der Waals surface area contributed by atoms with Crippen LogP contribution in [0, 0.1) is 11.8 Å². The number of imidazole rings is 1. The Balaban J connectivity index is 1.83. The minimum atomic E-state index is -0.385. The summed E-state index contributed by atoms with van der Waals surface area (Å²) in [7, 11) is 0. The number of guanidine groups is 1. The molecule has 0 saturated heterocycles. The van der Waals surface area contributed by atoms with Gasteiger partial charge in [-0.15, -0.1) is 0 Å². The highest BCUT2D eigenvalue weighted by molar-refractivity contribution is 5.94. The fourth-order valence-corrected chi connectivity index (χ4v) is 2.48. The van der Waals surface area contributed by atoms with Gasteiger partial charge in [-0.3, -0.25) is 9.88 Å². The lowest BCUT2D eigenvalue weighted by Gasteiger charge is -2.19. The zero-order chi connectivity index (χ0) is 14.9. The van der Waals surface area contributed by atoms with Crippen LogP contribution in [0.2, 0.25) is 0 Å². The van der Waals surface area contributed by atoms with Gasteiger partial charge in [0.2, 0.25) is 5.95 Å². The van der Waals surface area contributed by atoms with Gasteiger partial charge in [0.1, 0.15) is 0 Å². The first-order valence-corrected chi connectivity index (χ1v) is 6.95. The Hall–Kier alpha value is -3.26.